The van der Waals surface area contributed by atoms with E-state index in [1.54, 1.807) is 0 Å². The largest absolute Gasteiger partial charge is 0.361 e. The molecular formula is C21H19F2N3O2. The lowest BCUT2D eigenvalue weighted by Crippen LogP contribution is -2.40. The van der Waals surface area contributed by atoms with Crippen molar-refractivity contribution in [3.8, 4) is 0 Å². The van der Waals surface area contributed by atoms with Gasteiger partial charge in [-0.15, -0.1) is 0 Å². The third-order valence-corrected chi connectivity index (χ3v) is 5.15. The van der Waals surface area contributed by atoms with E-state index in [2.05, 4.69) is 15.6 Å². The number of fused-ring (bicyclic) bond motifs is 1. The lowest BCUT2D eigenvalue weighted by molar-refractivity contribution is -0.134. The van der Waals surface area contributed by atoms with Gasteiger partial charge in [0.25, 0.3) is 0 Å². The zero-order valence-corrected chi connectivity index (χ0v) is 15.0. The molecule has 0 radical (unpaired) electrons. The molecule has 1 aromatic heterocycles. The first-order valence-electron chi connectivity index (χ1n) is 9.09. The van der Waals surface area contributed by atoms with E-state index in [-0.39, 0.29) is 11.6 Å². The molecule has 1 heterocycles. The summed E-state index contributed by atoms with van der Waals surface area (Å²) in [7, 11) is 0. The van der Waals surface area contributed by atoms with Gasteiger partial charge in [-0.05, 0) is 43.0 Å². The minimum absolute atomic E-state index is 0.127. The van der Waals surface area contributed by atoms with Crippen molar-refractivity contribution in [1.82, 2.24) is 10.3 Å². The Hall–Kier alpha value is -3.22. The fourth-order valence-corrected chi connectivity index (χ4v) is 3.33. The van der Waals surface area contributed by atoms with Crippen LogP contribution >= 0.6 is 0 Å². The Morgan fingerprint density at radius 2 is 1.82 bits per heavy atom. The number of carbonyl (C=O) groups is 2. The zero-order valence-electron chi connectivity index (χ0n) is 15.0. The molecule has 144 valence electrons. The topological polar surface area (TPSA) is 74.0 Å². The highest BCUT2D eigenvalue weighted by Crippen LogP contribution is 2.46. The normalized spacial score (nSPS) is 14.6. The van der Waals surface area contributed by atoms with Crippen LogP contribution in [0.25, 0.3) is 10.9 Å². The summed E-state index contributed by atoms with van der Waals surface area (Å²) in [5.41, 5.74) is 1.12. The predicted molar refractivity (Wildman–Crippen MR) is 102 cm³/mol. The van der Waals surface area contributed by atoms with Crippen LogP contribution in [0.2, 0.25) is 0 Å². The maximum atomic E-state index is 13.3. The van der Waals surface area contributed by atoms with Gasteiger partial charge in [-0.3, -0.25) is 9.59 Å². The van der Waals surface area contributed by atoms with E-state index in [1.807, 2.05) is 30.5 Å². The van der Waals surface area contributed by atoms with Crippen molar-refractivity contribution in [3.05, 3.63) is 65.9 Å². The van der Waals surface area contributed by atoms with Gasteiger partial charge in [-0.1, -0.05) is 18.2 Å². The molecule has 28 heavy (non-hydrogen) atoms. The number of H-pyrrole nitrogens is 1. The molecule has 3 N–H and O–H groups in total. The van der Waals surface area contributed by atoms with E-state index in [4.69, 9.17) is 0 Å². The molecule has 1 aliphatic rings. The number of hydrogen-bond donors (Lipinski definition) is 3. The monoisotopic (exact) mass is 383 g/mol. The van der Waals surface area contributed by atoms with Crippen molar-refractivity contribution in [1.29, 1.82) is 0 Å². The van der Waals surface area contributed by atoms with Gasteiger partial charge in [0, 0.05) is 35.4 Å². The Bertz CT molecular complexity index is 1060. The molecule has 0 aliphatic heterocycles. The van der Waals surface area contributed by atoms with Crippen LogP contribution in [0.4, 0.5) is 14.5 Å². The van der Waals surface area contributed by atoms with E-state index in [0.29, 0.717) is 25.8 Å². The molecule has 1 aliphatic carbocycles. The highest BCUT2D eigenvalue weighted by Gasteiger charge is 2.56. The molecule has 1 fully saturated rings. The van der Waals surface area contributed by atoms with Gasteiger partial charge < -0.3 is 15.6 Å². The highest BCUT2D eigenvalue weighted by molar-refractivity contribution is 6.13. The second kappa shape index (κ2) is 7.07. The number of carbonyl (C=O) groups excluding carboxylic acids is 2. The maximum Gasteiger partial charge on any atom is 0.240 e. The number of amides is 2. The minimum Gasteiger partial charge on any atom is -0.361 e. The maximum absolute atomic E-state index is 13.3. The smallest absolute Gasteiger partial charge is 0.240 e. The first-order valence-corrected chi connectivity index (χ1v) is 9.09. The zero-order chi connectivity index (χ0) is 19.7. The van der Waals surface area contributed by atoms with Crippen LogP contribution in [-0.4, -0.2) is 23.3 Å². The van der Waals surface area contributed by atoms with Crippen molar-refractivity contribution in [3.63, 3.8) is 0 Å². The Balaban J connectivity index is 1.36. The summed E-state index contributed by atoms with van der Waals surface area (Å²) in [5.74, 6) is -2.88. The summed E-state index contributed by atoms with van der Waals surface area (Å²) >= 11 is 0. The van der Waals surface area contributed by atoms with E-state index in [0.717, 1.165) is 28.6 Å². The number of anilines is 1. The number of aromatic nitrogens is 1. The number of aromatic amines is 1. The molecule has 2 aromatic carbocycles. The fraction of sp³-hybridized carbons (Fsp3) is 0.238. The van der Waals surface area contributed by atoms with Crippen molar-refractivity contribution in [2.45, 2.75) is 19.3 Å². The van der Waals surface area contributed by atoms with Crippen LogP contribution in [0.1, 0.15) is 18.4 Å². The Labute approximate surface area is 160 Å². The molecule has 2 amide bonds. The number of halogens is 2. The number of hydrogen-bond acceptors (Lipinski definition) is 2. The van der Waals surface area contributed by atoms with Crippen molar-refractivity contribution in [2.75, 3.05) is 11.9 Å². The minimum atomic E-state index is -1.13. The van der Waals surface area contributed by atoms with Crippen LogP contribution in [0.3, 0.4) is 0 Å². The summed E-state index contributed by atoms with van der Waals surface area (Å²) in [6.45, 7) is 0.404. The first-order chi connectivity index (χ1) is 13.5. The quantitative estimate of drug-likeness (QED) is 0.570. The number of benzene rings is 2. The lowest BCUT2D eigenvalue weighted by atomic mass is 10.0. The first kappa shape index (κ1) is 18.2. The standard InChI is InChI=1S/C21H19F2N3O2/c22-16-6-5-14(11-17(16)23)26-20(28)21(8-9-21)19(27)24-10-7-13-12-25-18-4-2-1-3-15(13)18/h1-6,11-12,25H,7-10H2,(H,24,27)(H,26,28). The van der Waals surface area contributed by atoms with Crippen molar-refractivity contribution in [2.24, 2.45) is 5.41 Å². The summed E-state index contributed by atoms with van der Waals surface area (Å²) in [4.78, 5) is 28.3. The molecule has 1 saturated carbocycles. The molecule has 0 spiro atoms. The average molecular weight is 383 g/mol. The van der Waals surface area contributed by atoms with Gasteiger partial charge in [-0.2, -0.15) is 0 Å². The SMILES string of the molecule is O=C(NCCc1c[nH]c2ccccc12)C1(C(=O)Nc2ccc(F)c(F)c2)CC1. The molecular weight excluding hydrogens is 364 g/mol. The Kier molecular flexibility index (Phi) is 4.58. The van der Waals surface area contributed by atoms with Crippen LogP contribution in [0.15, 0.2) is 48.7 Å². The molecule has 0 unspecified atom stereocenters. The molecule has 0 bridgehead atoms. The van der Waals surface area contributed by atoms with Gasteiger partial charge in [-0.25, -0.2) is 8.78 Å². The molecule has 5 nitrogen and oxygen atoms in total. The Morgan fingerprint density at radius 1 is 1.04 bits per heavy atom. The van der Waals surface area contributed by atoms with Gasteiger partial charge in [0.15, 0.2) is 11.6 Å². The van der Waals surface area contributed by atoms with Crippen LogP contribution in [-0.2, 0) is 16.0 Å². The highest BCUT2D eigenvalue weighted by atomic mass is 19.2. The van der Waals surface area contributed by atoms with E-state index >= 15 is 0 Å². The third kappa shape index (κ3) is 3.35. The molecule has 4 rings (SSSR count). The van der Waals surface area contributed by atoms with Crippen LogP contribution in [0.5, 0.6) is 0 Å². The third-order valence-electron chi connectivity index (χ3n) is 5.15. The van der Waals surface area contributed by atoms with Crippen molar-refractivity contribution < 1.29 is 18.4 Å². The molecule has 7 heteroatoms. The summed E-state index contributed by atoms with van der Waals surface area (Å²) in [6.07, 6.45) is 3.42. The van der Waals surface area contributed by atoms with Crippen molar-refractivity contribution >= 4 is 28.4 Å². The predicted octanol–water partition coefficient (Wildman–Crippen LogP) is 3.52. The molecule has 3 aromatic rings. The van der Waals surface area contributed by atoms with Gasteiger partial charge in [0.05, 0.1) is 0 Å². The number of rotatable bonds is 6. The number of nitrogens with one attached hydrogen (secondary N) is 3. The summed E-state index contributed by atoms with van der Waals surface area (Å²) in [5, 5.41) is 6.44. The van der Waals surface area contributed by atoms with Gasteiger partial charge >= 0.3 is 0 Å². The van der Waals surface area contributed by atoms with E-state index in [9.17, 15) is 18.4 Å². The van der Waals surface area contributed by atoms with Gasteiger partial charge in [0.2, 0.25) is 11.8 Å². The lowest BCUT2D eigenvalue weighted by Gasteiger charge is -2.15. The number of para-hydroxylation sites is 1. The van der Waals surface area contributed by atoms with Crippen LogP contribution < -0.4 is 10.6 Å². The second-order valence-corrected chi connectivity index (χ2v) is 7.03. The Morgan fingerprint density at radius 3 is 2.57 bits per heavy atom. The van der Waals surface area contributed by atoms with E-state index < -0.39 is 23.0 Å². The van der Waals surface area contributed by atoms with Gasteiger partial charge in [0.1, 0.15) is 5.41 Å². The molecule has 0 saturated heterocycles. The molecule has 0 atom stereocenters. The average Bonchev–Trinajstić information content (AvgIpc) is 3.41. The second-order valence-electron chi connectivity index (χ2n) is 7.03. The fourth-order valence-electron chi connectivity index (χ4n) is 3.33. The van der Waals surface area contributed by atoms with E-state index in [1.165, 1.54) is 6.07 Å². The van der Waals surface area contributed by atoms with Crippen LogP contribution in [0, 0.1) is 17.0 Å². The summed E-state index contributed by atoms with van der Waals surface area (Å²) < 4.78 is 26.3. The summed E-state index contributed by atoms with van der Waals surface area (Å²) in [6, 6.07) is 11.0.